The van der Waals surface area contributed by atoms with Gasteiger partial charge in [0.05, 0.1) is 17.6 Å². The van der Waals surface area contributed by atoms with Gasteiger partial charge >= 0.3 is 0 Å². The van der Waals surface area contributed by atoms with Crippen molar-refractivity contribution in [3.8, 4) is 0 Å². The normalized spacial score (nSPS) is 14.5. The number of carbonyl (C=O) groups excluding carboxylic acids is 2. The SMILES string of the molecule is O=C1CCN(C(=O)c2ccco2)c2ccccc2N1. The van der Waals surface area contributed by atoms with E-state index in [-0.39, 0.29) is 24.0 Å². The number of hydrogen-bond acceptors (Lipinski definition) is 3. The van der Waals surface area contributed by atoms with E-state index in [1.165, 1.54) is 6.26 Å². The van der Waals surface area contributed by atoms with Crippen molar-refractivity contribution in [2.75, 3.05) is 16.8 Å². The van der Waals surface area contributed by atoms with Gasteiger partial charge in [-0.15, -0.1) is 0 Å². The quantitative estimate of drug-likeness (QED) is 0.851. The number of rotatable bonds is 1. The summed E-state index contributed by atoms with van der Waals surface area (Å²) < 4.78 is 5.13. The van der Waals surface area contributed by atoms with Gasteiger partial charge < -0.3 is 14.6 Å². The van der Waals surface area contributed by atoms with Crippen molar-refractivity contribution in [3.05, 3.63) is 48.4 Å². The van der Waals surface area contributed by atoms with E-state index in [4.69, 9.17) is 4.42 Å². The maximum Gasteiger partial charge on any atom is 0.294 e. The predicted octanol–water partition coefficient (Wildman–Crippen LogP) is 2.27. The number of nitrogens with zero attached hydrogens (tertiary/aromatic N) is 1. The lowest BCUT2D eigenvalue weighted by Gasteiger charge is -2.20. The van der Waals surface area contributed by atoms with Crippen LogP contribution in [-0.2, 0) is 4.79 Å². The highest BCUT2D eigenvalue weighted by atomic mass is 16.3. The van der Waals surface area contributed by atoms with Crippen molar-refractivity contribution >= 4 is 23.2 Å². The first kappa shape index (κ1) is 11.5. The third-order valence-electron chi connectivity index (χ3n) is 3.01. The van der Waals surface area contributed by atoms with Crippen LogP contribution in [0.15, 0.2) is 47.1 Å². The zero-order chi connectivity index (χ0) is 13.2. The molecule has 0 radical (unpaired) electrons. The molecule has 3 rings (SSSR count). The van der Waals surface area contributed by atoms with Gasteiger partial charge in [0.1, 0.15) is 0 Å². The molecule has 0 unspecified atom stereocenters. The summed E-state index contributed by atoms with van der Waals surface area (Å²) in [4.78, 5) is 25.6. The third kappa shape index (κ3) is 2.10. The number of nitrogens with one attached hydrogen (secondary N) is 1. The fourth-order valence-corrected chi connectivity index (χ4v) is 2.11. The first-order valence-corrected chi connectivity index (χ1v) is 6.00. The summed E-state index contributed by atoms with van der Waals surface area (Å²) in [7, 11) is 0. The van der Waals surface area contributed by atoms with Crippen LogP contribution in [0.2, 0.25) is 0 Å². The van der Waals surface area contributed by atoms with Gasteiger partial charge in [-0.1, -0.05) is 12.1 Å². The molecule has 0 atom stereocenters. The molecular weight excluding hydrogens is 244 g/mol. The number of fused-ring (bicyclic) bond motifs is 1. The van der Waals surface area contributed by atoms with Crippen molar-refractivity contribution in [2.45, 2.75) is 6.42 Å². The smallest absolute Gasteiger partial charge is 0.294 e. The van der Waals surface area contributed by atoms with E-state index in [0.717, 1.165) is 0 Å². The van der Waals surface area contributed by atoms with Gasteiger partial charge in [0.2, 0.25) is 5.91 Å². The molecular formula is C14H12N2O3. The molecule has 5 heteroatoms. The van der Waals surface area contributed by atoms with E-state index in [2.05, 4.69) is 5.32 Å². The van der Waals surface area contributed by atoms with Crippen molar-refractivity contribution in [2.24, 2.45) is 0 Å². The van der Waals surface area contributed by atoms with Gasteiger partial charge in [0.25, 0.3) is 5.91 Å². The molecule has 2 amide bonds. The number of hydrogen-bond donors (Lipinski definition) is 1. The zero-order valence-corrected chi connectivity index (χ0v) is 10.1. The summed E-state index contributed by atoms with van der Waals surface area (Å²) >= 11 is 0. The molecule has 2 aromatic rings. The predicted molar refractivity (Wildman–Crippen MR) is 70.1 cm³/mol. The molecule has 1 aliphatic rings. The van der Waals surface area contributed by atoms with Gasteiger partial charge in [-0.25, -0.2) is 0 Å². The fraction of sp³-hybridized carbons (Fsp3) is 0.143. The lowest BCUT2D eigenvalue weighted by Crippen LogP contribution is -2.31. The Hall–Kier alpha value is -2.56. The Morgan fingerprint density at radius 3 is 2.84 bits per heavy atom. The Morgan fingerprint density at radius 1 is 1.21 bits per heavy atom. The molecule has 1 aliphatic heterocycles. The van der Waals surface area contributed by atoms with E-state index >= 15 is 0 Å². The van der Waals surface area contributed by atoms with Gasteiger partial charge in [-0.05, 0) is 24.3 Å². The van der Waals surface area contributed by atoms with E-state index in [1.807, 2.05) is 18.2 Å². The maximum atomic E-state index is 12.4. The van der Waals surface area contributed by atoms with Crippen LogP contribution in [0, 0.1) is 0 Å². The van der Waals surface area contributed by atoms with Crippen LogP contribution in [-0.4, -0.2) is 18.4 Å². The van der Waals surface area contributed by atoms with E-state index in [9.17, 15) is 9.59 Å². The first-order chi connectivity index (χ1) is 9.25. The molecule has 0 bridgehead atoms. The Morgan fingerprint density at radius 2 is 2.05 bits per heavy atom. The van der Waals surface area contributed by atoms with Crippen LogP contribution in [0.1, 0.15) is 17.0 Å². The molecule has 5 nitrogen and oxygen atoms in total. The second kappa shape index (κ2) is 4.61. The summed E-state index contributed by atoms with van der Waals surface area (Å²) in [6.45, 7) is 0.336. The van der Waals surface area contributed by atoms with Crippen LogP contribution in [0.3, 0.4) is 0 Å². The molecule has 1 aromatic heterocycles. The minimum absolute atomic E-state index is 0.0952. The van der Waals surface area contributed by atoms with Crippen LogP contribution < -0.4 is 10.2 Å². The highest BCUT2D eigenvalue weighted by Crippen LogP contribution is 2.29. The number of furan rings is 1. The average molecular weight is 256 g/mol. The van der Waals surface area contributed by atoms with Crippen LogP contribution in [0.25, 0.3) is 0 Å². The molecule has 2 heterocycles. The maximum absolute atomic E-state index is 12.4. The van der Waals surface area contributed by atoms with Gasteiger partial charge in [0.15, 0.2) is 5.76 Å². The fourth-order valence-electron chi connectivity index (χ4n) is 2.11. The number of carbonyl (C=O) groups is 2. The standard InChI is InChI=1S/C14H12N2O3/c17-13-7-8-16(14(18)12-6-3-9-19-12)11-5-2-1-4-10(11)15-13/h1-6,9H,7-8H2,(H,15,17). The van der Waals surface area contributed by atoms with Crippen molar-refractivity contribution in [1.29, 1.82) is 0 Å². The molecule has 0 aliphatic carbocycles. The molecule has 1 N–H and O–H groups in total. The molecule has 0 saturated carbocycles. The lowest BCUT2D eigenvalue weighted by molar-refractivity contribution is -0.115. The summed E-state index contributed by atoms with van der Waals surface area (Å²) in [6, 6.07) is 10.5. The largest absolute Gasteiger partial charge is 0.459 e. The molecule has 0 spiro atoms. The van der Waals surface area contributed by atoms with Crippen molar-refractivity contribution < 1.29 is 14.0 Å². The number of para-hydroxylation sites is 2. The molecule has 0 fully saturated rings. The second-order valence-corrected chi connectivity index (χ2v) is 4.25. The zero-order valence-electron chi connectivity index (χ0n) is 10.1. The Balaban J connectivity index is 2.02. The third-order valence-corrected chi connectivity index (χ3v) is 3.01. The monoisotopic (exact) mass is 256 g/mol. The Bertz CT molecular complexity index is 619. The summed E-state index contributed by atoms with van der Waals surface area (Å²) in [5, 5.41) is 2.79. The number of benzene rings is 1. The van der Waals surface area contributed by atoms with Crippen molar-refractivity contribution in [3.63, 3.8) is 0 Å². The minimum Gasteiger partial charge on any atom is -0.459 e. The average Bonchev–Trinajstić information content (AvgIpc) is 2.89. The Kier molecular flexibility index (Phi) is 2.79. The van der Waals surface area contributed by atoms with E-state index < -0.39 is 0 Å². The first-order valence-electron chi connectivity index (χ1n) is 6.00. The summed E-state index contributed by atoms with van der Waals surface area (Å²) in [5.41, 5.74) is 1.33. The number of amides is 2. The molecule has 0 saturated heterocycles. The van der Waals surface area contributed by atoms with Crippen LogP contribution >= 0.6 is 0 Å². The molecule has 1 aromatic carbocycles. The molecule has 96 valence electrons. The van der Waals surface area contributed by atoms with Crippen molar-refractivity contribution in [1.82, 2.24) is 0 Å². The van der Waals surface area contributed by atoms with Crippen LogP contribution in [0.5, 0.6) is 0 Å². The minimum atomic E-state index is -0.242. The van der Waals surface area contributed by atoms with Gasteiger partial charge in [-0.2, -0.15) is 0 Å². The van der Waals surface area contributed by atoms with Gasteiger partial charge in [0, 0.05) is 13.0 Å². The number of anilines is 2. The van der Waals surface area contributed by atoms with Gasteiger partial charge in [-0.3, -0.25) is 9.59 Å². The van der Waals surface area contributed by atoms with E-state index in [1.54, 1.807) is 23.1 Å². The highest BCUT2D eigenvalue weighted by molar-refractivity contribution is 6.09. The topological polar surface area (TPSA) is 62.6 Å². The summed E-state index contributed by atoms with van der Waals surface area (Å²) in [5.74, 6) is -0.0692. The summed E-state index contributed by atoms with van der Waals surface area (Å²) in [6.07, 6.45) is 1.72. The Labute approximate surface area is 109 Å². The lowest BCUT2D eigenvalue weighted by atomic mass is 10.2. The second-order valence-electron chi connectivity index (χ2n) is 4.25. The van der Waals surface area contributed by atoms with E-state index in [0.29, 0.717) is 17.9 Å². The molecule has 19 heavy (non-hydrogen) atoms. The van der Waals surface area contributed by atoms with Crippen LogP contribution in [0.4, 0.5) is 11.4 Å². The highest BCUT2D eigenvalue weighted by Gasteiger charge is 2.25.